The van der Waals surface area contributed by atoms with E-state index < -0.39 is 0 Å². The molecular formula is C12H9N3O2. The molecule has 0 bridgehead atoms. The molecule has 0 aliphatic heterocycles. The fourth-order valence-electron chi connectivity index (χ4n) is 1.69. The number of aromatic hydroxyl groups is 2. The number of rotatable bonds is 1. The largest absolute Gasteiger partial charge is 0.508 e. The summed E-state index contributed by atoms with van der Waals surface area (Å²) in [7, 11) is 0. The van der Waals surface area contributed by atoms with E-state index in [0.29, 0.717) is 17.0 Å². The first-order chi connectivity index (χ1) is 8.24. The highest BCUT2D eigenvalue weighted by Crippen LogP contribution is 2.30. The highest BCUT2D eigenvalue weighted by Gasteiger charge is 2.10. The third-order valence-electron chi connectivity index (χ3n) is 2.49. The monoisotopic (exact) mass is 227 g/mol. The summed E-state index contributed by atoms with van der Waals surface area (Å²) in [4.78, 5) is 11.4. The maximum absolute atomic E-state index is 9.73. The van der Waals surface area contributed by atoms with Gasteiger partial charge in [-0.05, 0) is 24.3 Å². The number of H-pyrrole nitrogens is 1. The zero-order valence-corrected chi connectivity index (χ0v) is 8.75. The van der Waals surface area contributed by atoms with Crippen LogP contribution in [0.15, 0.2) is 36.5 Å². The first kappa shape index (κ1) is 9.65. The van der Waals surface area contributed by atoms with Crippen LogP contribution in [-0.2, 0) is 0 Å². The van der Waals surface area contributed by atoms with Crippen molar-refractivity contribution in [3.05, 3.63) is 36.5 Å². The lowest BCUT2D eigenvalue weighted by Gasteiger charge is -2.00. The summed E-state index contributed by atoms with van der Waals surface area (Å²) in [6.07, 6.45) is 1.66. The van der Waals surface area contributed by atoms with E-state index in [1.54, 1.807) is 18.3 Å². The van der Waals surface area contributed by atoms with Crippen LogP contribution in [0.25, 0.3) is 22.6 Å². The van der Waals surface area contributed by atoms with Crippen LogP contribution < -0.4 is 0 Å². The van der Waals surface area contributed by atoms with Gasteiger partial charge in [0.15, 0.2) is 5.65 Å². The number of aromatic nitrogens is 3. The molecule has 84 valence electrons. The van der Waals surface area contributed by atoms with Crippen molar-refractivity contribution < 1.29 is 10.2 Å². The van der Waals surface area contributed by atoms with E-state index in [0.717, 1.165) is 5.52 Å². The van der Waals surface area contributed by atoms with Gasteiger partial charge in [0.25, 0.3) is 0 Å². The van der Waals surface area contributed by atoms with Crippen LogP contribution in [-0.4, -0.2) is 25.2 Å². The summed E-state index contributed by atoms with van der Waals surface area (Å²) in [5.41, 5.74) is 1.92. The standard InChI is InChI=1S/C12H9N3O2/c16-7-3-4-8(10(17)6-7)11-14-9-2-1-5-13-12(9)15-11/h1-6,16-17H,(H,13,14,15). The molecule has 0 saturated heterocycles. The first-order valence-electron chi connectivity index (χ1n) is 5.07. The molecule has 0 spiro atoms. The zero-order valence-electron chi connectivity index (χ0n) is 8.75. The summed E-state index contributed by atoms with van der Waals surface area (Å²) in [5, 5.41) is 19.0. The van der Waals surface area contributed by atoms with Crippen LogP contribution in [0.4, 0.5) is 0 Å². The average molecular weight is 227 g/mol. The minimum Gasteiger partial charge on any atom is -0.508 e. The van der Waals surface area contributed by atoms with Crippen molar-refractivity contribution in [2.24, 2.45) is 0 Å². The van der Waals surface area contributed by atoms with Gasteiger partial charge >= 0.3 is 0 Å². The normalized spacial score (nSPS) is 10.8. The molecule has 2 heterocycles. The smallest absolute Gasteiger partial charge is 0.178 e. The molecule has 2 aromatic heterocycles. The molecule has 0 fully saturated rings. The Hall–Kier alpha value is -2.56. The number of phenolic OH excluding ortho intramolecular Hbond substituents is 2. The number of pyridine rings is 1. The van der Waals surface area contributed by atoms with E-state index in [9.17, 15) is 10.2 Å². The van der Waals surface area contributed by atoms with Gasteiger partial charge in [-0.1, -0.05) is 0 Å². The number of nitrogens with one attached hydrogen (secondary N) is 1. The summed E-state index contributed by atoms with van der Waals surface area (Å²) in [5.74, 6) is 0.515. The summed E-state index contributed by atoms with van der Waals surface area (Å²) >= 11 is 0. The molecular weight excluding hydrogens is 218 g/mol. The summed E-state index contributed by atoms with van der Waals surface area (Å²) < 4.78 is 0. The van der Waals surface area contributed by atoms with E-state index in [-0.39, 0.29) is 11.5 Å². The molecule has 1 aromatic carbocycles. The number of aromatic amines is 1. The highest BCUT2D eigenvalue weighted by molar-refractivity contribution is 5.77. The first-order valence-corrected chi connectivity index (χ1v) is 5.07. The number of benzene rings is 1. The third kappa shape index (κ3) is 1.57. The fourth-order valence-corrected chi connectivity index (χ4v) is 1.69. The second kappa shape index (κ2) is 3.48. The van der Waals surface area contributed by atoms with Crippen LogP contribution in [0.5, 0.6) is 11.5 Å². The lowest BCUT2D eigenvalue weighted by atomic mass is 10.2. The molecule has 3 rings (SSSR count). The van der Waals surface area contributed by atoms with Gasteiger partial charge in [0.2, 0.25) is 0 Å². The van der Waals surface area contributed by atoms with Gasteiger partial charge in [0.1, 0.15) is 17.3 Å². The van der Waals surface area contributed by atoms with Crippen molar-refractivity contribution in [2.75, 3.05) is 0 Å². The maximum Gasteiger partial charge on any atom is 0.178 e. The Morgan fingerprint density at radius 3 is 2.76 bits per heavy atom. The molecule has 0 unspecified atom stereocenters. The Morgan fingerprint density at radius 2 is 2.00 bits per heavy atom. The highest BCUT2D eigenvalue weighted by atomic mass is 16.3. The molecule has 0 aliphatic carbocycles. The topological polar surface area (TPSA) is 82.0 Å². The second-order valence-corrected chi connectivity index (χ2v) is 3.66. The number of hydrogen-bond acceptors (Lipinski definition) is 4. The van der Waals surface area contributed by atoms with Gasteiger partial charge in [0.05, 0.1) is 11.1 Å². The maximum atomic E-state index is 9.73. The second-order valence-electron chi connectivity index (χ2n) is 3.66. The molecule has 0 radical (unpaired) electrons. The molecule has 3 N–H and O–H groups in total. The van der Waals surface area contributed by atoms with E-state index in [1.807, 2.05) is 6.07 Å². The van der Waals surface area contributed by atoms with E-state index >= 15 is 0 Å². The Morgan fingerprint density at radius 1 is 1.12 bits per heavy atom. The Bertz CT molecular complexity index is 658. The quantitative estimate of drug-likeness (QED) is 0.594. The number of phenols is 2. The molecule has 0 saturated carbocycles. The lowest BCUT2D eigenvalue weighted by Crippen LogP contribution is -1.81. The number of hydrogen-bond donors (Lipinski definition) is 3. The van der Waals surface area contributed by atoms with Crippen molar-refractivity contribution in [3.63, 3.8) is 0 Å². The SMILES string of the molecule is Oc1ccc(-c2nc3ncccc3[nH]2)c(O)c1. The molecule has 17 heavy (non-hydrogen) atoms. The van der Waals surface area contributed by atoms with Crippen molar-refractivity contribution >= 4 is 11.2 Å². The van der Waals surface area contributed by atoms with Gasteiger partial charge in [0, 0.05) is 12.3 Å². The van der Waals surface area contributed by atoms with Crippen LogP contribution >= 0.6 is 0 Å². The van der Waals surface area contributed by atoms with E-state index in [1.165, 1.54) is 12.1 Å². The Kier molecular flexibility index (Phi) is 1.98. The van der Waals surface area contributed by atoms with Crippen molar-refractivity contribution in [3.8, 4) is 22.9 Å². The molecule has 0 amide bonds. The predicted octanol–water partition coefficient (Wildman–Crippen LogP) is 2.04. The minimum absolute atomic E-state index is 0.0143. The van der Waals surface area contributed by atoms with Gasteiger partial charge in [-0.3, -0.25) is 0 Å². The summed E-state index contributed by atoms with van der Waals surface area (Å²) in [6.45, 7) is 0. The van der Waals surface area contributed by atoms with Gasteiger partial charge in [-0.2, -0.15) is 0 Å². The number of imidazole rings is 1. The molecule has 5 heteroatoms. The van der Waals surface area contributed by atoms with Crippen LogP contribution in [0.1, 0.15) is 0 Å². The van der Waals surface area contributed by atoms with Gasteiger partial charge < -0.3 is 15.2 Å². The third-order valence-corrected chi connectivity index (χ3v) is 2.49. The van der Waals surface area contributed by atoms with Crippen molar-refractivity contribution in [2.45, 2.75) is 0 Å². The minimum atomic E-state index is -0.0240. The van der Waals surface area contributed by atoms with E-state index in [2.05, 4.69) is 15.0 Å². The van der Waals surface area contributed by atoms with Crippen LogP contribution in [0.3, 0.4) is 0 Å². The van der Waals surface area contributed by atoms with Crippen molar-refractivity contribution in [1.29, 1.82) is 0 Å². The molecule has 3 aromatic rings. The molecule has 0 atom stereocenters. The predicted molar refractivity (Wildman–Crippen MR) is 62.7 cm³/mol. The lowest BCUT2D eigenvalue weighted by molar-refractivity contribution is 0.451. The van der Waals surface area contributed by atoms with Gasteiger partial charge in [-0.15, -0.1) is 0 Å². The summed E-state index contributed by atoms with van der Waals surface area (Å²) in [6, 6.07) is 8.03. The van der Waals surface area contributed by atoms with E-state index in [4.69, 9.17) is 0 Å². The molecule has 0 aliphatic rings. The van der Waals surface area contributed by atoms with Gasteiger partial charge in [-0.25, -0.2) is 9.97 Å². The molecule has 5 nitrogen and oxygen atoms in total. The van der Waals surface area contributed by atoms with Crippen molar-refractivity contribution in [1.82, 2.24) is 15.0 Å². The number of nitrogens with zero attached hydrogens (tertiary/aromatic N) is 2. The average Bonchev–Trinajstić information content (AvgIpc) is 2.72. The Labute approximate surface area is 96.4 Å². The fraction of sp³-hybridized carbons (Fsp3) is 0. The van der Waals surface area contributed by atoms with Crippen LogP contribution in [0.2, 0.25) is 0 Å². The zero-order chi connectivity index (χ0) is 11.8. The Balaban J connectivity index is 2.20. The van der Waals surface area contributed by atoms with Crippen LogP contribution in [0, 0.1) is 0 Å². The number of fused-ring (bicyclic) bond motifs is 1.